The van der Waals surface area contributed by atoms with Gasteiger partial charge in [0.15, 0.2) is 9.84 Å². The second-order valence-corrected chi connectivity index (χ2v) is 6.35. The Bertz CT molecular complexity index is 662. The Morgan fingerprint density at radius 3 is 2.40 bits per heavy atom. The number of rotatable bonds is 6. The zero-order chi connectivity index (χ0) is 14.6. The van der Waals surface area contributed by atoms with Crippen LogP contribution in [-0.2, 0) is 22.1 Å². The zero-order valence-electron chi connectivity index (χ0n) is 11.1. The molecule has 1 aromatic carbocycles. The van der Waals surface area contributed by atoms with Crippen LogP contribution >= 0.6 is 0 Å². The van der Waals surface area contributed by atoms with Crippen molar-refractivity contribution in [2.45, 2.75) is 24.1 Å². The van der Waals surface area contributed by atoms with Gasteiger partial charge < -0.3 is 9.73 Å². The minimum atomic E-state index is -3.52. The maximum atomic E-state index is 12.8. The van der Waals surface area contributed by atoms with Gasteiger partial charge in [-0.05, 0) is 42.9 Å². The maximum Gasteiger partial charge on any atom is 0.185 e. The van der Waals surface area contributed by atoms with Crippen molar-refractivity contribution in [1.82, 2.24) is 5.32 Å². The van der Waals surface area contributed by atoms with E-state index < -0.39 is 15.7 Å². The summed E-state index contributed by atoms with van der Waals surface area (Å²) in [7, 11) is -3.52. The van der Waals surface area contributed by atoms with Crippen LogP contribution in [0, 0.1) is 5.82 Å². The lowest BCUT2D eigenvalue weighted by Crippen LogP contribution is -2.10. The van der Waals surface area contributed by atoms with Gasteiger partial charge in [0.2, 0.25) is 0 Å². The Labute approximate surface area is 117 Å². The summed E-state index contributed by atoms with van der Waals surface area (Å²) in [5.41, 5.74) is 0. The number of nitrogens with one attached hydrogen (secondary N) is 1. The molecule has 6 heteroatoms. The lowest BCUT2D eigenvalue weighted by Gasteiger charge is -2.02. The first-order chi connectivity index (χ1) is 9.51. The van der Waals surface area contributed by atoms with Crippen molar-refractivity contribution in [3.63, 3.8) is 0 Å². The highest BCUT2D eigenvalue weighted by Gasteiger charge is 2.17. The first-order valence-electron chi connectivity index (χ1n) is 6.28. The van der Waals surface area contributed by atoms with Crippen LogP contribution in [0.4, 0.5) is 4.39 Å². The van der Waals surface area contributed by atoms with E-state index in [1.165, 1.54) is 12.1 Å². The molecule has 0 amide bonds. The summed E-state index contributed by atoms with van der Waals surface area (Å²) in [5.74, 6) is 0.373. The largest absolute Gasteiger partial charge is 0.464 e. The molecule has 0 saturated heterocycles. The molecule has 0 radical (unpaired) electrons. The summed E-state index contributed by atoms with van der Waals surface area (Å²) >= 11 is 0. The fraction of sp³-hybridized carbons (Fsp3) is 0.286. The molecule has 1 heterocycles. The maximum absolute atomic E-state index is 12.8. The highest BCUT2D eigenvalue weighted by molar-refractivity contribution is 7.90. The first-order valence-corrected chi connectivity index (χ1v) is 7.93. The molecule has 2 aromatic rings. The highest BCUT2D eigenvalue weighted by atomic mass is 32.2. The van der Waals surface area contributed by atoms with Gasteiger partial charge in [0.25, 0.3) is 0 Å². The van der Waals surface area contributed by atoms with E-state index in [4.69, 9.17) is 4.42 Å². The van der Waals surface area contributed by atoms with Crippen LogP contribution in [-0.4, -0.2) is 15.0 Å². The molecule has 1 aromatic heterocycles. The summed E-state index contributed by atoms with van der Waals surface area (Å²) < 4.78 is 42.5. The number of hydrogen-bond acceptors (Lipinski definition) is 4. The third kappa shape index (κ3) is 3.68. The minimum absolute atomic E-state index is 0.0866. The van der Waals surface area contributed by atoms with Crippen LogP contribution < -0.4 is 5.32 Å². The summed E-state index contributed by atoms with van der Waals surface area (Å²) in [6.45, 7) is 3.35. The molecule has 4 nitrogen and oxygen atoms in total. The van der Waals surface area contributed by atoms with Crippen molar-refractivity contribution in [1.29, 1.82) is 0 Å². The number of hydrogen-bond donors (Lipinski definition) is 1. The van der Waals surface area contributed by atoms with Gasteiger partial charge in [0.1, 0.15) is 23.1 Å². The SMILES string of the molecule is CCNCc1ccc(CS(=O)(=O)c2ccc(F)cc2)o1. The Hall–Kier alpha value is -1.66. The quantitative estimate of drug-likeness (QED) is 0.832. The number of sulfone groups is 1. The lowest BCUT2D eigenvalue weighted by molar-refractivity contribution is 0.459. The molecule has 0 spiro atoms. The molecule has 0 aliphatic heterocycles. The average molecular weight is 297 g/mol. The minimum Gasteiger partial charge on any atom is -0.464 e. The van der Waals surface area contributed by atoms with Crippen LogP contribution in [0.1, 0.15) is 18.4 Å². The molecule has 0 bridgehead atoms. The molecule has 0 aliphatic carbocycles. The molecular formula is C14H16FNO3S. The molecule has 1 N–H and O–H groups in total. The fourth-order valence-corrected chi connectivity index (χ4v) is 3.00. The van der Waals surface area contributed by atoms with E-state index >= 15 is 0 Å². The van der Waals surface area contributed by atoms with Crippen molar-refractivity contribution in [3.8, 4) is 0 Å². The van der Waals surface area contributed by atoms with Crippen LogP contribution in [0.5, 0.6) is 0 Å². The summed E-state index contributed by atoms with van der Waals surface area (Å²) in [5, 5.41) is 3.09. The molecule has 0 atom stereocenters. The Kier molecular flexibility index (Phi) is 4.57. The zero-order valence-corrected chi connectivity index (χ0v) is 11.9. The normalized spacial score (nSPS) is 11.7. The topological polar surface area (TPSA) is 59.3 Å². The standard InChI is InChI=1S/C14H16FNO3S/c1-2-16-9-12-5-6-13(19-12)10-20(17,18)14-7-3-11(15)4-8-14/h3-8,16H,2,9-10H2,1H3. The summed E-state index contributed by atoms with van der Waals surface area (Å²) in [6.07, 6.45) is 0. The van der Waals surface area contributed by atoms with Gasteiger partial charge in [0, 0.05) is 0 Å². The van der Waals surface area contributed by atoms with Gasteiger partial charge in [-0.2, -0.15) is 0 Å². The van der Waals surface area contributed by atoms with Crippen molar-refractivity contribution in [2.24, 2.45) is 0 Å². The van der Waals surface area contributed by atoms with Gasteiger partial charge in [0.05, 0.1) is 11.4 Å². The molecule has 108 valence electrons. The van der Waals surface area contributed by atoms with E-state index in [2.05, 4.69) is 5.32 Å². The van der Waals surface area contributed by atoms with E-state index in [0.717, 1.165) is 18.7 Å². The monoisotopic (exact) mass is 297 g/mol. The smallest absolute Gasteiger partial charge is 0.185 e. The second kappa shape index (κ2) is 6.19. The lowest BCUT2D eigenvalue weighted by atomic mass is 10.4. The number of furan rings is 1. The first kappa shape index (κ1) is 14.7. The van der Waals surface area contributed by atoms with E-state index in [1.807, 2.05) is 6.92 Å². The molecule has 0 saturated carbocycles. The fourth-order valence-electron chi connectivity index (χ4n) is 1.76. The Morgan fingerprint density at radius 1 is 1.10 bits per heavy atom. The summed E-state index contributed by atoms with van der Waals surface area (Å²) in [4.78, 5) is 0.0866. The molecule has 20 heavy (non-hydrogen) atoms. The van der Waals surface area contributed by atoms with E-state index in [-0.39, 0.29) is 10.6 Å². The van der Waals surface area contributed by atoms with Crippen LogP contribution in [0.3, 0.4) is 0 Å². The van der Waals surface area contributed by atoms with Gasteiger partial charge in [-0.3, -0.25) is 0 Å². The van der Waals surface area contributed by atoms with Crippen molar-refractivity contribution in [3.05, 3.63) is 53.7 Å². The number of halogens is 1. The van der Waals surface area contributed by atoms with E-state index in [1.54, 1.807) is 12.1 Å². The third-order valence-corrected chi connectivity index (χ3v) is 4.43. The Morgan fingerprint density at radius 2 is 1.75 bits per heavy atom. The van der Waals surface area contributed by atoms with Gasteiger partial charge >= 0.3 is 0 Å². The van der Waals surface area contributed by atoms with E-state index in [0.29, 0.717) is 18.1 Å². The van der Waals surface area contributed by atoms with Crippen molar-refractivity contribution < 1.29 is 17.2 Å². The van der Waals surface area contributed by atoms with Crippen LogP contribution in [0.15, 0.2) is 45.7 Å². The molecule has 0 aliphatic rings. The highest BCUT2D eigenvalue weighted by Crippen LogP contribution is 2.18. The van der Waals surface area contributed by atoms with E-state index in [9.17, 15) is 12.8 Å². The second-order valence-electron chi connectivity index (χ2n) is 4.36. The van der Waals surface area contributed by atoms with Crippen molar-refractivity contribution >= 4 is 9.84 Å². The molecule has 0 unspecified atom stereocenters. The third-order valence-electron chi connectivity index (χ3n) is 2.77. The van der Waals surface area contributed by atoms with Crippen LogP contribution in [0.2, 0.25) is 0 Å². The molecule has 0 fully saturated rings. The summed E-state index contributed by atoms with van der Waals surface area (Å²) in [6, 6.07) is 8.17. The van der Waals surface area contributed by atoms with Crippen molar-refractivity contribution in [2.75, 3.05) is 6.54 Å². The average Bonchev–Trinajstić information content (AvgIpc) is 2.83. The number of benzene rings is 1. The van der Waals surface area contributed by atoms with Gasteiger partial charge in [-0.1, -0.05) is 6.92 Å². The Balaban J connectivity index is 2.12. The van der Waals surface area contributed by atoms with Gasteiger partial charge in [-0.25, -0.2) is 12.8 Å². The molecule has 2 rings (SSSR count). The molecular weight excluding hydrogens is 281 g/mol. The van der Waals surface area contributed by atoms with Crippen LogP contribution in [0.25, 0.3) is 0 Å². The predicted molar refractivity (Wildman–Crippen MR) is 73.4 cm³/mol. The predicted octanol–water partition coefficient (Wildman–Crippen LogP) is 2.50. The van der Waals surface area contributed by atoms with Gasteiger partial charge in [-0.15, -0.1) is 0 Å².